The summed E-state index contributed by atoms with van der Waals surface area (Å²) in [6.07, 6.45) is 4.51. The number of likely N-dealkylation sites (tertiary alicyclic amines) is 1. The topological polar surface area (TPSA) is 37.4 Å². The molecule has 1 atom stereocenters. The van der Waals surface area contributed by atoms with Crippen LogP contribution in [0.1, 0.15) is 42.5 Å². The fourth-order valence-electron chi connectivity index (χ4n) is 3.52. The van der Waals surface area contributed by atoms with E-state index in [1.165, 1.54) is 4.90 Å². The Hall–Kier alpha value is -1.90. The van der Waals surface area contributed by atoms with Crippen molar-refractivity contribution in [2.45, 2.75) is 32.1 Å². The van der Waals surface area contributed by atoms with Crippen molar-refractivity contribution >= 4 is 11.8 Å². The molecule has 2 aliphatic rings. The molecule has 1 heterocycles. The van der Waals surface area contributed by atoms with Crippen LogP contribution in [0.25, 0.3) is 0 Å². The monoisotopic (exact) mass is 269 g/mol. The molecule has 2 amide bonds. The van der Waals surface area contributed by atoms with Gasteiger partial charge >= 0.3 is 0 Å². The van der Waals surface area contributed by atoms with Gasteiger partial charge in [-0.3, -0.25) is 14.5 Å². The molecule has 0 bridgehead atoms. The van der Waals surface area contributed by atoms with Gasteiger partial charge < -0.3 is 0 Å². The van der Waals surface area contributed by atoms with Gasteiger partial charge in [-0.25, -0.2) is 0 Å². The lowest BCUT2D eigenvalue weighted by molar-refractivity contribution is -0.140. The lowest BCUT2D eigenvalue weighted by Gasteiger charge is -2.39. The van der Waals surface area contributed by atoms with E-state index in [4.69, 9.17) is 0 Å². The third-order valence-corrected chi connectivity index (χ3v) is 4.66. The first kappa shape index (κ1) is 13.1. The Morgan fingerprint density at radius 3 is 2.50 bits per heavy atom. The Morgan fingerprint density at radius 2 is 1.85 bits per heavy atom. The van der Waals surface area contributed by atoms with E-state index >= 15 is 0 Å². The Kier molecular flexibility index (Phi) is 3.20. The number of piperidine rings is 1. The largest absolute Gasteiger partial charge is 0.278 e. The number of rotatable bonds is 1. The molecule has 3 nitrogen and oxygen atoms in total. The molecule has 1 saturated heterocycles. The number of amides is 2. The highest BCUT2D eigenvalue weighted by Crippen LogP contribution is 2.49. The van der Waals surface area contributed by atoms with E-state index in [-0.39, 0.29) is 11.8 Å². The van der Waals surface area contributed by atoms with Crippen LogP contribution in [0.2, 0.25) is 0 Å². The second kappa shape index (κ2) is 4.89. The van der Waals surface area contributed by atoms with Crippen molar-refractivity contribution in [1.29, 1.82) is 0 Å². The molecule has 1 aliphatic heterocycles. The molecule has 0 radical (unpaired) electrons. The average molecular weight is 269 g/mol. The first-order valence-corrected chi connectivity index (χ1v) is 7.25. The maximum Gasteiger partial charge on any atom is 0.260 e. The average Bonchev–Trinajstić information content (AvgIpc) is 2.84. The van der Waals surface area contributed by atoms with Crippen molar-refractivity contribution in [3.8, 4) is 0 Å². The SMILES string of the molecule is C=C1CCC[C@]12CCCN(C(=O)c1ccccc1)C2=O. The second-order valence-corrected chi connectivity index (χ2v) is 5.77. The predicted molar refractivity (Wildman–Crippen MR) is 77.1 cm³/mol. The Bertz CT molecular complexity index is 564. The lowest BCUT2D eigenvalue weighted by atomic mass is 9.75. The van der Waals surface area contributed by atoms with Crippen molar-refractivity contribution < 1.29 is 9.59 Å². The van der Waals surface area contributed by atoms with Crippen LogP contribution in [0.4, 0.5) is 0 Å². The number of hydrogen-bond acceptors (Lipinski definition) is 2. The van der Waals surface area contributed by atoms with Gasteiger partial charge in [0.2, 0.25) is 5.91 Å². The van der Waals surface area contributed by atoms with E-state index in [0.717, 1.165) is 37.7 Å². The number of benzene rings is 1. The van der Waals surface area contributed by atoms with E-state index in [1.807, 2.05) is 18.2 Å². The summed E-state index contributed by atoms with van der Waals surface area (Å²) in [5.74, 6) is -0.200. The second-order valence-electron chi connectivity index (χ2n) is 5.77. The number of carbonyl (C=O) groups is 2. The van der Waals surface area contributed by atoms with Crippen LogP contribution in [-0.2, 0) is 4.79 Å². The normalized spacial score (nSPS) is 26.3. The summed E-state index contributed by atoms with van der Waals surface area (Å²) in [6, 6.07) is 9.05. The third-order valence-electron chi connectivity index (χ3n) is 4.66. The molecule has 20 heavy (non-hydrogen) atoms. The number of hydrogen-bond donors (Lipinski definition) is 0. The molecule has 1 saturated carbocycles. The minimum Gasteiger partial charge on any atom is -0.278 e. The van der Waals surface area contributed by atoms with Crippen LogP contribution >= 0.6 is 0 Å². The summed E-state index contributed by atoms with van der Waals surface area (Å²) in [4.78, 5) is 26.8. The maximum atomic E-state index is 12.8. The molecule has 0 N–H and O–H groups in total. The molecule has 1 aromatic rings. The smallest absolute Gasteiger partial charge is 0.260 e. The fraction of sp³-hybridized carbons (Fsp3) is 0.412. The standard InChI is InChI=1S/C17H19NO2/c1-13-7-5-10-17(13)11-6-12-18(16(17)20)15(19)14-8-3-2-4-9-14/h2-4,8-9H,1,5-7,10-12H2/t17-/m0/s1. The summed E-state index contributed by atoms with van der Waals surface area (Å²) in [5, 5.41) is 0. The van der Waals surface area contributed by atoms with Gasteiger partial charge in [0.05, 0.1) is 5.41 Å². The molecule has 2 fully saturated rings. The van der Waals surface area contributed by atoms with E-state index in [0.29, 0.717) is 12.1 Å². The van der Waals surface area contributed by atoms with E-state index in [2.05, 4.69) is 6.58 Å². The highest BCUT2D eigenvalue weighted by Gasteiger charge is 2.49. The zero-order valence-electron chi connectivity index (χ0n) is 11.6. The molecular formula is C17H19NO2. The zero-order valence-corrected chi connectivity index (χ0v) is 11.6. The molecule has 1 aliphatic carbocycles. The van der Waals surface area contributed by atoms with Crippen molar-refractivity contribution in [2.24, 2.45) is 5.41 Å². The van der Waals surface area contributed by atoms with E-state index in [9.17, 15) is 9.59 Å². The van der Waals surface area contributed by atoms with Crippen molar-refractivity contribution in [2.75, 3.05) is 6.54 Å². The third kappa shape index (κ3) is 1.89. The van der Waals surface area contributed by atoms with Crippen molar-refractivity contribution in [1.82, 2.24) is 4.90 Å². The van der Waals surface area contributed by atoms with Gasteiger partial charge in [0.15, 0.2) is 0 Å². The lowest BCUT2D eigenvalue weighted by Crippen LogP contribution is -2.50. The molecule has 0 unspecified atom stereocenters. The zero-order chi connectivity index (χ0) is 14.2. The van der Waals surface area contributed by atoms with Crippen molar-refractivity contribution in [3.63, 3.8) is 0 Å². The first-order valence-electron chi connectivity index (χ1n) is 7.25. The van der Waals surface area contributed by atoms with Gasteiger partial charge in [-0.15, -0.1) is 0 Å². The molecule has 1 spiro atoms. The van der Waals surface area contributed by atoms with E-state index in [1.54, 1.807) is 12.1 Å². The van der Waals surface area contributed by atoms with Crippen molar-refractivity contribution in [3.05, 3.63) is 48.0 Å². The Morgan fingerprint density at radius 1 is 1.15 bits per heavy atom. The summed E-state index contributed by atoms with van der Waals surface area (Å²) < 4.78 is 0. The van der Waals surface area contributed by atoms with Crippen LogP contribution < -0.4 is 0 Å². The number of nitrogens with zero attached hydrogens (tertiary/aromatic N) is 1. The van der Waals surface area contributed by atoms with Gasteiger partial charge in [0.25, 0.3) is 5.91 Å². The molecule has 3 heteroatoms. The van der Waals surface area contributed by atoms with Gasteiger partial charge in [-0.2, -0.15) is 0 Å². The molecular weight excluding hydrogens is 250 g/mol. The van der Waals surface area contributed by atoms with Gasteiger partial charge in [0, 0.05) is 12.1 Å². The number of carbonyl (C=O) groups excluding carboxylic acids is 2. The van der Waals surface area contributed by atoms with Crippen LogP contribution in [0.3, 0.4) is 0 Å². The first-order chi connectivity index (χ1) is 9.65. The van der Waals surface area contributed by atoms with Crippen LogP contribution in [0.5, 0.6) is 0 Å². The molecule has 3 rings (SSSR count). The maximum absolute atomic E-state index is 12.8. The van der Waals surface area contributed by atoms with Gasteiger partial charge in [0.1, 0.15) is 0 Å². The Labute approximate surface area is 119 Å². The molecule has 0 aromatic heterocycles. The minimum absolute atomic E-state index is 0.0277. The van der Waals surface area contributed by atoms with E-state index < -0.39 is 5.41 Å². The Balaban J connectivity index is 1.89. The predicted octanol–water partition coefficient (Wildman–Crippen LogP) is 3.18. The molecule has 1 aromatic carbocycles. The van der Waals surface area contributed by atoms with Crippen LogP contribution in [0.15, 0.2) is 42.5 Å². The van der Waals surface area contributed by atoms with Crippen LogP contribution in [0, 0.1) is 5.41 Å². The summed E-state index contributed by atoms with van der Waals surface area (Å²) in [7, 11) is 0. The summed E-state index contributed by atoms with van der Waals surface area (Å²) in [6.45, 7) is 4.62. The molecule has 104 valence electrons. The fourth-order valence-corrected chi connectivity index (χ4v) is 3.52. The summed E-state index contributed by atoms with van der Waals surface area (Å²) >= 11 is 0. The number of imide groups is 1. The quantitative estimate of drug-likeness (QED) is 0.580. The summed E-state index contributed by atoms with van der Waals surface area (Å²) in [5.41, 5.74) is 1.15. The highest BCUT2D eigenvalue weighted by atomic mass is 16.2. The highest BCUT2D eigenvalue weighted by molar-refractivity contribution is 6.07. The van der Waals surface area contributed by atoms with Gasteiger partial charge in [-0.05, 0) is 44.2 Å². The minimum atomic E-state index is -0.456. The van der Waals surface area contributed by atoms with Gasteiger partial charge in [-0.1, -0.05) is 30.4 Å². The van der Waals surface area contributed by atoms with Crippen LogP contribution in [-0.4, -0.2) is 23.3 Å².